The third-order valence-electron chi connectivity index (χ3n) is 5.50. The van der Waals surface area contributed by atoms with E-state index in [1.54, 1.807) is 25.7 Å². The number of piperidine rings is 1. The second kappa shape index (κ2) is 8.47. The molecule has 2 aromatic rings. The number of pyridine rings is 1. The summed E-state index contributed by atoms with van der Waals surface area (Å²) in [5, 5.41) is 2.09. The number of rotatable bonds is 3. The van der Waals surface area contributed by atoms with Gasteiger partial charge in [0.15, 0.2) is 0 Å². The van der Waals surface area contributed by atoms with Crippen LogP contribution < -0.4 is 21.3 Å². The average Bonchev–Trinajstić information content (AvgIpc) is 3.02. The van der Waals surface area contributed by atoms with Gasteiger partial charge in [-0.15, -0.1) is 0 Å². The summed E-state index contributed by atoms with van der Waals surface area (Å²) in [5.41, 5.74) is 4.51. The number of nitrogen functional groups attached to an aromatic ring is 1. The Morgan fingerprint density at radius 1 is 1.12 bits per heavy atom. The molecule has 10 nitrogen and oxygen atoms in total. The molecule has 3 amide bonds. The Labute approximate surface area is 194 Å². The number of benzene rings is 1. The quantitative estimate of drug-likeness (QED) is 0.655. The highest BCUT2D eigenvalue weighted by molar-refractivity contribution is 6.23. The molecule has 1 aromatic carbocycles. The maximum atomic E-state index is 14.2. The predicted molar refractivity (Wildman–Crippen MR) is 120 cm³/mol. The monoisotopic (exact) mass is 472 g/mol. The maximum Gasteiger partial charge on any atom is 0.410 e. The molecular weight excluding hydrogens is 447 g/mol. The molecule has 0 unspecified atom stereocenters. The van der Waals surface area contributed by atoms with Crippen molar-refractivity contribution in [2.24, 2.45) is 0 Å². The highest BCUT2D eigenvalue weighted by atomic mass is 19.1. The first-order chi connectivity index (χ1) is 15.9. The fourth-order valence-electron chi connectivity index (χ4n) is 3.96. The van der Waals surface area contributed by atoms with Gasteiger partial charge in [0.1, 0.15) is 29.1 Å². The van der Waals surface area contributed by atoms with Crippen molar-refractivity contribution in [2.75, 3.05) is 18.8 Å². The zero-order valence-corrected chi connectivity index (χ0v) is 19.0. The fraction of sp³-hybridized carbons (Fsp3) is 0.391. The van der Waals surface area contributed by atoms with Crippen molar-refractivity contribution in [1.29, 1.82) is 0 Å². The molecular formula is C23H25FN4O6. The van der Waals surface area contributed by atoms with Crippen LogP contribution in [-0.2, 0) is 4.74 Å². The molecule has 2 aliphatic heterocycles. The third-order valence-corrected chi connectivity index (χ3v) is 5.50. The summed E-state index contributed by atoms with van der Waals surface area (Å²) in [6.45, 7) is 6.19. The first-order valence-corrected chi connectivity index (χ1v) is 10.8. The van der Waals surface area contributed by atoms with E-state index in [0.29, 0.717) is 25.9 Å². The van der Waals surface area contributed by atoms with E-state index in [4.69, 9.17) is 15.2 Å². The summed E-state index contributed by atoms with van der Waals surface area (Å²) in [7, 11) is 0. The van der Waals surface area contributed by atoms with Gasteiger partial charge in [-0.3, -0.25) is 24.3 Å². The molecule has 0 atom stereocenters. The lowest BCUT2D eigenvalue weighted by Crippen LogP contribution is -2.44. The van der Waals surface area contributed by atoms with Gasteiger partial charge in [0.2, 0.25) is 0 Å². The van der Waals surface area contributed by atoms with Crippen molar-refractivity contribution < 1.29 is 28.2 Å². The Kier molecular flexibility index (Phi) is 5.80. The van der Waals surface area contributed by atoms with E-state index in [1.165, 1.54) is 12.1 Å². The van der Waals surface area contributed by atoms with Crippen LogP contribution in [0.5, 0.6) is 5.75 Å². The van der Waals surface area contributed by atoms with Crippen LogP contribution in [0.15, 0.2) is 29.1 Å². The van der Waals surface area contributed by atoms with Crippen molar-refractivity contribution in [2.45, 2.75) is 45.3 Å². The van der Waals surface area contributed by atoms with Gasteiger partial charge >= 0.3 is 6.09 Å². The zero-order chi connectivity index (χ0) is 24.8. The van der Waals surface area contributed by atoms with E-state index in [1.807, 2.05) is 0 Å². The van der Waals surface area contributed by atoms with E-state index < -0.39 is 34.9 Å². The van der Waals surface area contributed by atoms with E-state index in [9.17, 15) is 23.6 Å². The summed E-state index contributed by atoms with van der Waals surface area (Å²) in [5.74, 6) is -2.21. The Morgan fingerprint density at radius 2 is 1.79 bits per heavy atom. The summed E-state index contributed by atoms with van der Waals surface area (Å²) < 4.78 is 26.6. The molecule has 3 heterocycles. The average molecular weight is 472 g/mol. The van der Waals surface area contributed by atoms with Gasteiger partial charge in [0.25, 0.3) is 17.4 Å². The van der Waals surface area contributed by atoms with Gasteiger partial charge in [-0.1, -0.05) is 0 Å². The van der Waals surface area contributed by atoms with E-state index >= 15 is 0 Å². The number of ether oxygens (including phenoxy) is 2. The minimum Gasteiger partial charge on any atom is -0.488 e. The molecule has 0 radical (unpaired) electrons. The fourth-order valence-corrected chi connectivity index (χ4v) is 3.96. The predicted octanol–water partition coefficient (Wildman–Crippen LogP) is 2.22. The van der Waals surface area contributed by atoms with E-state index in [0.717, 1.165) is 16.7 Å². The normalized spacial score (nSPS) is 16.3. The lowest BCUT2D eigenvalue weighted by atomic mass is 10.1. The SMILES string of the molecule is CC(C)(C)OC(=O)N1CCC(Oc2ccc(F)cc2-n2c(N)c3c(cc2=O)C(=O)NC3=O)CC1. The van der Waals surface area contributed by atoms with Crippen molar-refractivity contribution in [1.82, 2.24) is 14.8 Å². The number of carbonyl (C=O) groups is 3. The lowest BCUT2D eigenvalue weighted by Gasteiger charge is -2.33. The second-order valence-electron chi connectivity index (χ2n) is 9.17. The summed E-state index contributed by atoms with van der Waals surface area (Å²) >= 11 is 0. The minimum absolute atomic E-state index is 0.00650. The standard InChI is InChI=1S/C23H25FN4O6/c1-23(2,3)34-22(32)27-8-6-13(7-9-27)33-16-5-4-12(24)10-15(16)28-17(29)11-14-18(19(28)25)21(31)26-20(14)30/h4-5,10-11,13H,6-9,25H2,1-3H3,(H,26,30,31). The Hall–Kier alpha value is -3.89. The van der Waals surface area contributed by atoms with Crippen molar-refractivity contribution >= 4 is 23.7 Å². The number of nitrogens with two attached hydrogens (primary N) is 1. The van der Waals surface area contributed by atoms with E-state index in [2.05, 4.69) is 5.32 Å². The number of likely N-dealkylation sites (tertiary alicyclic amines) is 1. The molecule has 0 spiro atoms. The van der Waals surface area contributed by atoms with Gasteiger partial charge in [0.05, 0.1) is 16.8 Å². The number of aromatic nitrogens is 1. The van der Waals surface area contributed by atoms with Crippen LogP contribution in [0.4, 0.5) is 15.0 Å². The van der Waals surface area contributed by atoms with Gasteiger partial charge in [-0.2, -0.15) is 0 Å². The molecule has 4 rings (SSSR count). The molecule has 2 aliphatic rings. The molecule has 180 valence electrons. The molecule has 3 N–H and O–H groups in total. The molecule has 34 heavy (non-hydrogen) atoms. The molecule has 1 fully saturated rings. The van der Waals surface area contributed by atoms with Crippen LogP contribution in [0, 0.1) is 5.82 Å². The summed E-state index contributed by atoms with van der Waals surface area (Å²) in [6.07, 6.45) is 0.251. The second-order valence-corrected chi connectivity index (χ2v) is 9.17. The number of nitrogens with zero attached hydrogens (tertiary/aromatic N) is 2. The highest BCUT2D eigenvalue weighted by Gasteiger charge is 2.33. The molecule has 1 aromatic heterocycles. The summed E-state index contributed by atoms with van der Waals surface area (Å²) in [4.78, 5) is 50.7. The Balaban J connectivity index is 1.59. The molecule has 11 heteroatoms. The first kappa shape index (κ1) is 23.3. The number of anilines is 1. The Bertz CT molecular complexity index is 1240. The van der Waals surface area contributed by atoms with Gasteiger partial charge in [-0.05, 0) is 32.9 Å². The molecule has 1 saturated heterocycles. The number of fused-ring (bicyclic) bond motifs is 1. The molecule has 0 bridgehead atoms. The van der Waals surface area contributed by atoms with Crippen molar-refractivity contribution in [3.63, 3.8) is 0 Å². The van der Waals surface area contributed by atoms with Crippen LogP contribution in [0.25, 0.3) is 5.69 Å². The third kappa shape index (κ3) is 4.45. The Morgan fingerprint density at radius 3 is 2.44 bits per heavy atom. The number of hydrogen-bond acceptors (Lipinski definition) is 7. The van der Waals surface area contributed by atoms with Gasteiger partial charge in [-0.25, -0.2) is 9.18 Å². The number of nitrogens with one attached hydrogen (secondary N) is 1. The largest absolute Gasteiger partial charge is 0.488 e. The minimum atomic E-state index is -0.736. The molecule has 0 saturated carbocycles. The van der Waals surface area contributed by atoms with Crippen LogP contribution in [0.2, 0.25) is 0 Å². The summed E-state index contributed by atoms with van der Waals surface area (Å²) in [6, 6.07) is 4.61. The van der Waals surface area contributed by atoms with Crippen molar-refractivity contribution in [3.8, 4) is 11.4 Å². The number of imide groups is 1. The van der Waals surface area contributed by atoms with Gasteiger partial charge in [0, 0.05) is 38.1 Å². The van der Waals surface area contributed by atoms with Crippen LogP contribution in [0.3, 0.4) is 0 Å². The van der Waals surface area contributed by atoms with Crippen LogP contribution in [0.1, 0.15) is 54.3 Å². The van der Waals surface area contributed by atoms with Crippen LogP contribution >= 0.6 is 0 Å². The first-order valence-electron chi connectivity index (χ1n) is 10.8. The topological polar surface area (TPSA) is 133 Å². The smallest absolute Gasteiger partial charge is 0.410 e. The number of halogens is 1. The van der Waals surface area contributed by atoms with Crippen molar-refractivity contribution in [3.05, 3.63) is 51.6 Å². The number of hydrogen-bond donors (Lipinski definition) is 2. The van der Waals surface area contributed by atoms with E-state index in [-0.39, 0.29) is 34.5 Å². The lowest BCUT2D eigenvalue weighted by molar-refractivity contribution is 0.0126. The maximum absolute atomic E-state index is 14.2. The number of amides is 3. The highest BCUT2D eigenvalue weighted by Crippen LogP contribution is 2.30. The molecule has 0 aliphatic carbocycles. The zero-order valence-electron chi connectivity index (χ0n) is 19.0. The van der Waals surface area contributed by atoms with Gasteiger partial charge < -0.3 is 20.1 Å². The number of carbonyl (C=O) groups excluding carboxylic acids is 3. The van der Waals surface area contributed by atoms with Crippen LogP contribution in [-0.4, -0.2) is 52.2 Å².